The first kappa shape index (κ1) is 11.9. The summed E-state index contributed by atoms with van der Waals surface area (Å²) < 4.78 is 0. The van der Waals surface area contributed by atoms with Gasteiger partial charge in [0.05, 0.1) is 0 Å². The summed E-state index contributed by atoms with van der Waals surface area (Å²) in [7, 11) is 2.01. The molecule has 0 atom stereocenters. The van der Waals surface area contributed by atoms with E-state index in [4.69, 9.17) is 0 Å². The molecule has 3 rings (SSSR count). The van der Waals surface area contributed by atoms with E-state index in [2.05, 4.69) is 36.2 Å². The van der Waals surface area contributed by atoms with Crippen molar-refractivity contribution >= 4 is 11.4 Å². The quantitative estimate of drug-likeness (QED) is 0.853. The van der Waals surface area contributed by atoms with E-state index < -0.39 is 0 Å². The molecule has 1 saturated heterocycles. The lowest BCUT2D eigenvalue weighted by Crippen LogP contribution is -2.34. The van der Waals surface area contributed by atoms with Crippen LogP contribution in [-0.4, -0.2) is 20.1 Å². The SMILES string of the molecule is CNc1c(C)cc(N2CCC3(CC2)CC3)cc1C. The van der Waals surface area contributed by atoms with Gasteiger partial charge in [-0.15, -0.1) is 0 Å². The normalized spacial score (nSPS) is 21.2. The summed E-state index contributed by atoms with van der Waals surface area (Å²) in [5, 5.41) is 3.30. The number of piperidine rings is 1. The van der Waals surface area contributed by atoms with Crippen LogP contribution in [0.2, 0.25) is 0 Å². The summed E-state index contributed by atoms with van der Waals surface area (Å²) >= 11 is 0. The first-order valence-corrected chi connectivity index (χ1v) is 7.17. The summed E-state index contributed by atoms with van der Waals surface area (Å²) in [4.78, 5) is 2.57. The molecule has 2 fully saturated rings. The van der Waals surface area contributed by atoms with Gasteiger partial charge in [0, 0.05) is 31.5 Å². The Labute approximate surface area is 110 Å². The van der Waals surface area contributed by atoms with Gasteiger partial charge in [0.2, 0.25) is 0 Å². The summed E-state index contributed by atoms with van der Waals surface area (Å²) in [6, 6.07) is 4.67. The maximum absolute atomic E-state index is 3.30. The number of hydrogen-bond acceptors (Lipinski definition) is 2. The summed E-state index contributed by atoms with van der Waals surface area (Å²) in [5.74, 6) is 0. The van der Waals surface area contributed by atoms with Crippen molar-refractivity contribution in [3.8, 4) is 0 Å². The second-order valence-electron chi connectivity index (χ2n) is 6.19. The molecule has 2 heteroatoms. The van der Waals surface area contributed by atoms with Crippen molar-refractivity contribution < 1.29 is 0 Å². The van der Waals surface area contributed by atoms with Crippen LogP contribution in [-0.2, 0) is 0 Å². The standard InChI is InChI=1S/C16H24N2/c1-12-10-14(11-13(2)15(12)17-3)18-8-6-16(4-5-16)7-9-18/h10-11,17H,4-9H2,1-3H3. The van der Waals surface area contributed by atoms with E-state index in [0.717, 1.165) is 5.41 Å². The lowest BCUT2D eigenvalue weighted by Gasteiger charge is -2.34. The second-order valence-corrected chi connectivity index (χ2v) is 6.19. The van der Waals surface area contributed by atoms with E-state index in [1.54, 1.807) is 0 Å². The Morgan fingerprint density at radius 3 is 2.00 bits per heavy atom. The molecule has 1 spiro atoms. The largest absolute Gasteiger partial charge is 0.388 e. The Bertz CT molecular complexity index is 427. The van der Waals surface area contributed by atoms with Crippen LogP contribution in [0.15, 0.2) is 12.1 Å². The average Bonchev–Trinajstić information content (AvgIpc) is 3.09. The van der Waals surface area contributed by atoms with E-state index in [1.165, 1.54) is 61.3 Å². The fraction of sp³-hybridized carbons (Fsp3) is 0.625. The Kier molecular flexibility index (Phi) is 2.76. The number of benzene rings is 1. The van der Waals surface area contributed by atoms with Gasteiger partial charge in [-0.25, -0.2) is 0 Å². The fourth-order valence-electron chi connectivity index (χ4n) is 3.43. The highest BCUT2D eigenvalue weighted by Gasteiger charge is 2.44. The van der Waals surface area contributed by atoms with Gasteiger partial charge < -0.3 is 10.2 Å². The van der Waals surface area contributed by atoms with E-state index in [9.17, 15) is 0 Å². The molecule has 1 aliphatic heterocycles. The molecule has 98 valence electrons. The molecule has 0 unspecified atom stereocenters. The number of rotatable bonds is 2. The number of anilines is 2. The predicted octanol–water partition coefficient (Wildman–Crippen LogP) is 3.73. The number of nitrogens with one attached hydrogen (secondary N) is 1. The van der Waals surface area contributed by atoms with Crippen molar-refractivity contribution in [2.45, 2.75) is 39.5 Å². The van der Waals surface area contributed by atoms with Crippen molar-refractivity contribution in [3.05, 3.63) is 23.3 Å². The van der Waals surface area contributed by atoms with E-state index in [-0.39, 0.29) is 0 Å². The molecule has 1 saturated carbocycles. The van der Waals surface area contributed by atoms with Crippen LogP contribution in [0.4, 0.5) is 11.4 Å². The Morgan fingerprint density at radius 2 is 1.56 bits per heavy atom. The third-order valence-electron chi connectivity index (χ3n) is 4.91. The van der Waals surface area contributed by atoms with Crippen LogP contribution in [0, 0.1) is 19.3 Å². The Hall–Kier alpha value is -1.18. The number of aryl methyl sites for hydroxylation is 2. The van der Waals surface area contributed by atoms with Gasteiger partial charge in [0.15, 0.2) is 0 Å². The first-order chi connectivity index (χ1) is 8.63. The smallest absolute Gasteiger partial charge is 0.0398 e. The predicted molar refractivity (Wildman–Crippen MR) is 78.6 cm³/mol. The molecule has 1 heterocycles. The second kappa shape index (κ2) is 4.18. The monoisotopic (exact) mass is 244 g/mol. The van der Waals surface area contributed by atoms with Crippen LogP contribution in [0.25, 0.3) is 0 Å². The van der Waals surface area contributed by atoms with E-state index in [1.807, 2.05) is 7.05 Å². The van der Waals surface area contributed by atoms with Crippen molar-refractivity contribution in [1.82, 2.24) is 0 Å². The molecule has 2 nitrogen and oxygen atoms in total. The minimum absolute atomic E-state index is 0.769. The zero-order valence-electron chi connectivity index (χ0n) is 11.8. The Balaban J connectivity index is 1.80. The van der Waals surface area contributed by atoms with Crippen LogP contribution < -0.4 is 10.2 Å². The minimum atomic E-state index is 0.769. The molecule has 1 aromatic rings. The molecular formula is C16H24N2. The topological polar surface area (TPSA) is 15.3 Å². The van der Waals surface area contributed by atoms with Crippen molar-refractivity contribution in [3.63, 3.8) is 0 Å². The fourth-order valence-corrected chi connectivity index (χ4v) is 3.43. The third kappa shape index (κ3) is 1.98. The van der Waals surface area contributed by atoms with Gasteiger partial charge in [-0.2, -0.15) is 0 Å². The summed E-state index contributed by atoms with van der Waals surface area (Å²) in [6.07, 6.45) is 5.77. The van der Waals surface area contributed by atoms with Gasteiger partial charge >= 0.3 is 0 Å². The highest BCUT2D eigenvalue weighted by Crippen LogP contribution is 2.54. The van der Waals surface area contributed by atoms with Crippen LogP contribution in [0.3, 0.4) is 0 Å². The van der Waals surface area contributed by atoms with Crippen molar-refractivity contribution in [2.75, 3.05) is 30.4 Å². The van der Waals surface area contributed by atoms with Crippen molar-refractivity contribution in [2.24, 2.45) is 5.41 Å². The first-order valence-electron chi connectivity index (χ1n) is 7.17. The lowest BCUT2D eigenvalue weighted by atomic mass is 9.93. The highest BCUT2D eigenvalue weighted by atomic mass is 15.1. The van der Waals surface area contributed by atoms with Crippen LogP contribution >= 0.6 is 0 Å². The van der Waals surface area contributed by atoms with Gasteiger partial charge in [-0.3, -0.25) is 0 Å². The van der Waals surface area contributed by atoms with Gasteiger partial charge in [0.25, 0.3) is 0 Å². The number of hydrogen-bond donors (Lipinski definition) is 1. The maximum Gasteiger partial charge on any atom is 0.0398 e. The summed E-state index contributed by atoms with van der Waals surface area (Å²) in [6.45, 7) is 6.90. The zero-order valence-corrected chi connectivity index (χ0v) is 11.8. The third-order valence-corrected chi connectivity index (χ3v) is 4.91. The van der Waals surface area contributed by atoms with Crippen LogP contribution in [0.5, 0.6) is 0 Å². The molecule has 0 bridgehead atoms. The molecule has 1 aromatic carbocycles. The molecule has 0 radical (unpaired) electrons. The number of nitrogens with zero attached hydrogens (tertiary/aromatic N) is 1. The van der Waals surface area contributed by atoms with Gasteiger partial charge in [-0.05, 0) is 68.2 Å². The van der Waals surface area contributed by atoms with Gasteiger partial charge in [0.1, 0.15) is 0 Å². The zero-order chi connectivity index (χ0) is 12.8. The van der Waals surface area contributed by atoms with E-state index in [0.29, 0.717) is 0 Å². The summed E-state index contributed by atoms with van der Waals surface area (Å²) in [5.41, 5.74) is 6.19. The lowest BCUT2D eigenvalue weighted by molar-refractivity contribution is 0.384. The maximum atomic E-state index is 3.30. The molecule has 2 aliphatic rings. The van der Waals surface area contributed by atoms with E-state index >= 15 is 0 Å². The highest BCUT2D eigenvalue weighted by molar-refractivity contribution is 5.65. The Morgan fingerprint density at radius 1 is 1.00 bits per heavy atom. The minimum Gasteiger partial charge on any atom is -0.388 e. The average molecular weight is 244 g/mol. The molecule has 0 amide bonds. The molecule has 1 aliphatic carbocycles. The molecule has 18 heavy (non-hydrogen) atoms. The molecule has 0 aromatic heterocycles. The van der Waals surface area contributed by atoms with Crippen LogP contribution in [0.1, 0.15) is 36.8 Å². The molecule has 1 N–H and O–H groups in total. The van der Waals surface area contributed by atoms with Gasteiger partial charge in [-0.1, -0.05) is 0 Å². The molecular weight excluding hydrogens is 220 g/mol. The van der Waals surface area contributed by atoms with Crippen molar-refractivity contribution in [1.29, 1.82) is 0 Å².